The molecule has 0 N–H and O–H groups in total. The lowest BCUT2D eigenvalue weighted by molar-refractivity contribution is -0.136. The summed E-state index contributed by atoms with van der Waals surface area (Å²) in [6.07, 6.45) is 10.5. The van der Waals surface area contributed by atoms with Crippen LogP contribution in [-0.4, -0.2) is 40.0 Å². The molecule has 5 nitrogen and oxygen atoms in total. The van der Waals surface area contributed by atoms with E-state index >= 15 is 0 Å². The number of hydrogen-bond acceptors (Lipinski definition) is 4. The summed E-state index contributed by atoms with van der Waals surface area (Å²) in [4.78, 5) is 24.0. The lowest BCUT2D eigenvalue weighted by atomic mass is 9.78. The molecule has 2 aromatic rings. The van der Waals surface area contributed by atoms with Crippen molar-refractivity contribution < 1.29 is 9.53 Å². The summed E-state index contributed by atoms with van der Waals surface area (Å²) >= 11 is 0. The normalized spacial score (nSPS) is 21.8. The molecule has 1 saturated heterocycles. The van der Waals surface area contributed by atoms with Gasteiger partial charge in [0.2, 0.25) is 5.91 Å². The molecule has 3 heterocycles. The van der Waals surface area contributed by atoms with Crippen LogP contribution >= 0.6 is 0 Å². The fourth-order valence-corrected chi connectivity index (χ4v) is 4.29. The zero-order valence-electron chi connectivity index (χ0n) is 15.0. The van der Waals surface area contributed by atoms with E-state index in [2.05, 4.69) is 16.0 Å². The number of carbonyl (C=O) groups excluding carboxylic acids is 1. The third-order valence-electron chi connectivity index (χ3n) is 5.71. The molecule has 0 aromatic carbocycles. The van der Waals surface area contributed by atoms with Gasteiger partial charge in [-0.05, 0) is 43.0 Å². The molecule has 1 atom stereocenters. The molecule has 2 aromatic heterocycles. The number of carbonyl (C=O) groups is 1. The van der Waals surface area contributed by atoms with Crippen LogP contribution in [0.5, 0.6) is 0 Å². The number of likely N-dealkylation sites (tertiary alicyclic amines) is 1. The van der Waals surface area contributed by atoms with Crippen LogP contribution in [0.15, 0.2) is 48.9 Å². The van der Waals surface area contributed by atoms with E-state index in [1.165, 1.54) is 0 Å². The monoisotopic (exact) mass is 351 g/mol. The Kier molecular flexibility index (Phi) is 4.98. The first-order valence-corrected chi connectivity index (χ1v) is 9.49. The van der Waals surface area contributed by atoms with Gasteiger partial charge in [-0.3, -0.25) is 14.8 Å². The van der Waals surface area contributed by atoms with Crippen molar-refractivity contribution in [2.75, 3.05) is 13.1 Å². The molecule has 2 aliphatic rings. The molecule has 1 aliphatic heterocycles. The van der Waals surface area contributed by atoms with Gasteiger partial charge >= 0.3 is 0 Å². The second-order valence-corrected chi connectivity index (χ2v) is 7.32. The number of nitrogens with zero attached hydrogens (tertiary/aromatic N) is 3. The number of aromatic nitrogens is 2. The highest BCUT2D eigenvalue weighted by molar-refractivity contribution is 5.88. The number of pyridine rings is 2. The highest BCUT2D eigenvalue weighted by Gasteiger charge is 2.46. The summed E-state index contributed by atoms with van der Waals surface area (Å²) in [6.45, 7) is 1.95. The minimum Gasteiger partial charge on any atom is -0.370 e. The smallest absolute Gasteiger partial charge is 0.233 e. The number of rotatable bonds is 5. The van der Waals surface area contributed by atoms with E-state index in [4.69, 9.17) is 4.74 Å². The number of amides is 1. The molecule has 2 fully saturated rings. The Morgan fingerprint density at radius 1 is 1.19 bits per heavy atom. The van der Waals surface area contributed by atoms with Gasteiger partial charge in [0.05, 0.1) is 23.8 Å². The SMILES string of the molecule is O=C(N1CCC(OCc2ccccn2)C1)C1(c2cccnc2)CCCC1. The minimum atomic E-state index is -0.385. The van der Waals surface area contributed by atoms with Gasteiger partial charge < -0.3 is 9.64 Å². The first-order valence-electron chi connectivity index (χ1n) is 9.49. The molecule has 1 amide bonds. The first kappa shape index (κ1) is 17.2. The van der Waals surface area contributed by atoms with E-state index in [0.29, 0.717) is 13.2 Å². The highest BCUT2D eigenvalue weighted by Crippen LogP contribution is 2.43. The number of hydrogen-bond donors (Lipinski definition) is 0. The molecule has 26 heavy (non-hydrogen) atoms. The maximum absolute atomic E-state index is 13.4. The van der Waals surface area contributed by atoms with E-state index in [1.54, 1.807) is 12.4 Å². The summed E-state index contributed by atoms with van der Waals surface area (Å²) in [6, 6.07) is 9.83. The van der Waals surface area contributed by atoms with Crippen molar-refractivity contribution in [2.24, 2.45) is 0 Å². The lowest BCUT2D eigenvalue weighted by Gasteiger charge is -2.32. The van der Waals surface area contributed by atoms with E-state index in [1.807, 2.05) is 35.4 Å². The quantitative estimate of drug-likeness (QED) is 0.831. The molecular weight excluding hydrogens is 326 g/mol. The van der Waals surface area contributed by atoms with Crippen molar-refractivity contribution in [3.63, 3.8) is 0 Å². The fourth-order valence-electron chi connectivity index (χ4n) is 4.29. The molecule has 0 bridgehead atoms. The summed E-state index contributed by atoms with van der Waals surface area (Å²) in [5.74, 6) is 0.256. The van der Waals surface area contributed by atoms with Crippen LogP contribution in [0.25, 0.3) is 0 Å². The molecular formula is C21H25N3O2. The second kappa shape index (κ2) is 7.54. The van der Waals surface area contributed by atoms with Crippen molar-refractivity contribution in [2.45, 2.75) is 50.2 Å². The van der Waals surface area contributed by atoms with E-state index < -0.39 is 0 Å². The van der Waals surface area contributed by atoms with E-state index in [9.17, 15) is 4.79 Å². The maximum atomic E-state index is 13.4. The standard InChI is InChI=1S/C21H25N3O2/c25-20(21(9-2-3-10-21)17-6-5-11-22-14-17)24-13-8-19(15-24)26-16-18-7-1-4-12-23-18/h1,4-7,11-12,14,19H,2-3,8-10,13,15-16H2. The first-order chi connectivity index (χ1) is 12.8. The lowest BCUT2D eigenvalue weighted by Crippen LogP contribution is -2.45. The van der Waals surface area contributed by atoms with Crippen LogP contribution in [0, 0.1) is 0 Å². The van der Waals surface area contributed by atoms with E-state index in [0.717, 1.165) is 49.9 Å². The van der Waals surface area contributed by atoms with Crippen LogP contribution in [0.4, 0.5) is 0 Å². The molecule has 136 valence electrons. The Hall–Kier alpha value is -2.27. The Labute approximate surface area is 154 Å². The van der Waals surface area contributed by atoms with Gasteiger partial charge in [0.1, 0.15) is 0 Å². The summed E-state index contributed by atoms with van der Waals surface area (Å²) in [5, 5.41) is 0. The molecule has 1 unspecified atom stereocenters. The third kappa shape index (κ3) is 3.36. The van der Waals surface area contributed by atoms with Crippen LogP contribution in [0.3, 0.4) is 0 Å². The predicted octanol–water partition coefficient (Wildman–Crippen LogP) is 3.11. The molecule has 4 rings (SSSR count). The maximum Gasteiger partial charge on any atom is 0.233 e. The van der Waals surface area contributed by atoms with Gasteiger partial charge in [-0.15, -0.1) is 0 Å². The molecule has 0 radical (unpaired) electrons. The molecule has 1 saturated carbocycles. The van der Waals surface area contributed by atoms with Crippen molar-refractivity contribution in [1.82, 2.24) is 14.9 Å². The average molecular weight is 351 g/mol. The summed E-state index contributed by atoms with van der Waals surface area (Å²) in [5.41, 5.74) is 1.62. The minimum absolute atomic E-state index is 0.0910. The van der Waals surface area contributed by atoms with Gasteiger partial charge in [-0.2, -0.15) is 0 Å². The topological polar surface area (TPSA) is 55.3 Å². The van der Waals surface area contributed by atoms with Gasteiger partial charge in [0.15, 0.2) is 0 Å². The van der Waals surface area contributed by atoms with Crippen molar-refractivity contribution in [1.29, 1.82) is 0 Å². The van der Waals surface area contributed by atoms with E-state index in [-0.39, 0.29) is 17.4 Å². The van der Waals surface area contributed by atoms with Gasteiger partial charge in [-0.25, -0.2) is 0 Å². The zero-order valence-corrected chi connectivity index (χ0v) is 15.0. The highest BCUT2D eigenvalue weighted by atomic mass is 16.5. The van der Waals surface area contributed by atoms with Crippen molar-refractivity contribution >= 4 is 5.91 Å². The average Bonchev–Trinajstić information content (AvgIpc) is 3.38. The Balaban J connectivity index is 1.42. The van der Waals surface area contributed by atoms with Gasteiger partial charge in [0, 0.05) is 31.7 Å². The van der Waals surface area contributed by atoms with Gasteiger partial charge in [0.25, 0.3) is 0 Å². The fraction of sp³-hybridized carbons (Fsp3) is 0.476. The third-order valence-corrected chi connectivity index (χ3v) is 5.71. The van der Waals surface area contributed by atoms with Crippen LogP contribution < -0.4 is 0 Å². The Morgan fingerprint density at radius 2 is 2.08 bits per heavy atom. The molecule has 5 heteroatoms. The van der Waals surface area contributed by atoms with Crippen molar-refractivity contribution in [3.05, 3.63) is 60.2 Å². The van der Waals surface area contributed by atoms with Crippen LogP contribution in [0.1, 0.15) is 43.4 Å². The summed E-state index contributed by atoms with van der Waals surface area (Å²) in [7, 11) is 0. The Bertz CT molecular complexity index is 729. The molecule has 0 spiro atoms. The van der Waals surface area contributed by atoms with Crippen LogP contribution in [-0.2, 0) is 21.6 Å². The zero-order chi connectivity index (χ0) is 17.8. The second-order valence-electron chi connectivity index (χ2n) is 7.32. The Morgan fingerprint density at radius 3 is 2.81 bits per heavy atom. The van der Waals surface area contributed by atoms with Crippen molar-refractivity contribution in [3.8, 4) is 0 Å². The number of ether oxygens (including phenoxy) is 1. The predicted molar refractivity (Wildman–Crippen MR) is 98.4 cm³/mol. The van der Waals surface area contributed by atoms with Crippen LogP contribution in [0.2, 0.25) is 0 Å². The summed E-state index contributed by atoms with van der Waals surface area (Å²) < 4.78 is 6.00. The van der Waals surface area contributed by atoms with Gasteiger partial charge in [-0.1, -0.05) is 25.0 Å². The molecule has 1 aliphatic carbocycles. The largest absolute Gasteiger partial charge is 0.370 e.